The van der Waals surface area contributed by atoms with Gasteiger partial charge in [0.1, 0.15) is 17.6 Å². The predicted octanol–water partition coefficient (Wildman–Crippen LogP) is 3.27. The average Bonchev–Trinajstić information content (AvgIpc) is 3.79. The van der Waals surface area contributed by atoms with Crippen molar-refractivity contribution in [3.63, 3.8) is 0 Å². The van der Waals surface area contributed by atoms with Crippen LogP contribution in [0.5, 0.6) is 0 Å². The highest BCUT2D eigenvalue weighted by Crippen LogP contribution is 2.51. The maximum absolute atomic E-state index is 15.1. The third kappa shape index (κ3) is 4.74. The molecule has 3 N–H and O–H groups in total. The number of hydrogen-bond acceptors (Lipinski definition) is 6. The maximum atomic E-state index is 15.1. The Balaban J connectivity index is 1.39. The molecule has 11 heteroatoms. The number of carbonyl (C=O) groups excluding carboxylic acids is 2. The molecule has 0 radical (unpaired) electrons. The molecule has 2 fully saturated rings. The Bertz CT molecular complexity index is 1260. The highest BCUT2D eigenvalue weighted by Gasteiger charge is 2.48. The number of anilines is 1. The second kappa shape index (κ2) is 9.79. The molecule has 10 nitrogen and oxygen atoms in total. The second-order valence-electron chi connectivity index (χ2n) is 9.68. The van der Waals surface area contributed by atoms with E-state index < -0.39 is 23.8 Å². The maximum Gasteiger partial charge on any atom is 0.271 e. The Morgan fingerprint density at radius 2 is 1.92 bits per heavy atom. The smallest absolute Gasteiger partial charge is 0.271 e. The van der Waals surface area contributed by atoms with Crippen LogP contribution in [0.3, 0.4) is 0 Å². The highest BCUT2D eigenvalue weighted by atomic mass is 19.1. The van der Waals surface area contributed by atoms with Crippen molar-refractivity contribution in [2.24, 2.45) is 17.8 Å². The van der Waals surface area contributed by atoms with Crippen molar-refractivity contribution >= 4 is 17.6 Å². The molecule has 0 bridgehead atoms. The Morgan fingerprint density at radius 1 is 1.19 bits per heavy atom. The van der Waals surface area contributed by atoms with Crippen LogP contribution in [0.1, 0.15) is 61.4 Å². The van der Waals surface area contributed by atoms with Gasteiger partial charge in [0.25, 0.3) is 5.91 Å². The molecule has 36 heavy (non-hydrogen) atoms. The largest absolute Gasteiger partial charge is 0.339 e. The van der Waals surface area contributed by atoms with Gasteiger partial charge < -0.3 is 10.6 Å². The van der Waals surface area contributed by atoms with Gasteiger partial charge in [-0.2, -0.15) is 9.49 Å². The third-order valence-corrected chi connectivity index (χ3v) is 7.18. The highest BCUT2D eigenvalue weighted by molar-refractivity contribution is 6.00. The molecule has 2 amide bonds. The van der Waals surface area contributed by atoms with Crippen LogP contribution in [0, 0.1) is 30.6 Å². The Labute approximate surface area is 208 Å². The number of H-pyrrole nitrogens is 1. The first-order valence-electron chi connectivity index (χ1n) is 12.6. The van der Waals surface area contributed by atoms with E-state index in [9.17, 15) is 9.59 Å². The quantitative estimate of drug-likeness (QED) is 0.371. The normalized spacial score (nSPS) is 16.2. The average molecular weight is 495 g/mol. The van der Waals surface area contributed by atoms with Gasteiger partial charge in [0.2, 0.25) is 11.9 Å². The van der Waals surface area contributed by atoms with Crippen molar-refractivity contribution in [3.05, 3.63) is 41.4 Å². The molecule has 0 aliphatic heterocycles. The van der Waals surface area contributed by atoms with Gasteiger partial charge >= 0.3 is 0 Å². The van der Waals surface area contributed by atoms with E-state index in [2.05, 4.69) is 36.1 Å². The molecular formula is C25H31FN8O2. The summed E-state index contributed by atoms with van der Waals surface area (Å²) in [6.45, 7) is 6.12. The second-order valence-corrected chi connectivity index (χ2v) is 9.68. The lowest BCUT2D eigenvalue weighted by atomic mass is 9.88. The number of pyridine rings is 1. The van der Waals surface area contributed by atoms with Gasteiger partial charge in [-0.15, -0.1) is 5.10 Å². The first-order chi connectivity index (χ1) is 17.4. The molecule has 0 spiro atoms. The topological polar surface area (TPSA) is 130 Å². The van der Waals surface area contributed by atoms with Crippen LogP contribution in [0.15, 0.2) is 18.3 Å². The molecule has 5 rings (SSSR count). The number of nitrogens with zero attached hydrogens (tertiary/aromatic N) is 5. The summed E-state index contributed by atoms with van der Waals surface area (Å²) in [6, 6.07) is 2.43. The SMILES string of the molecule is CCc1[nH]nc(C)c1-c1ccc(NC(=O)C(NC(=O)c2cnnn2CC)C(C2CC2)C2CC2)nc1F. The number of rotatable bonds is 10. The van der Waals surface area contributed by atoms with E-state index in [1.807, 2.05) is 20.8 Å². The van der Waals surface area contributed by atoms with Crippen LogP contribution < -0.4 is 10.6 Å². The fourth-order valence-corrected chi connectivity index (χ4v) is 5.10. The lowest BCUT2D eigenvalue weighted by Gasteiger charge is -2.27. The Hall–Kier alpha value is -3.63. The molecule has 3 heterocycles. The van der Waals surface area contributed by atoms with Crippen molar-refractivity contribution in [1.29, 1.82) is 0 Å². The molecule has 3 aromatic heterocycles. The summed E-state index contributed by atoms with van der Waals surface area (Å²) < 4.78 is 16.6. The number of carbonyl (C=O) groups is 2. The molecule has 190 valence electrons. The summed E-state index contributed by atoms with van der Waals surface area (Å²) in [5, 5.41) is 20.6. The standard InChI is InChI=1S/C25H31FN8O2/c1-4-17-20(13(3)31-32-17)16-10-11-19(28-23(16)26)29-25(36)22(21(14-6-7-14)15-8-9-15)30-24(35)18-12-27-33-34(18)5-2/h10-12,14-15,21-22H,4-9H2,1-3H3,(H,30,35)(H,31,32)(H,28,29,36). The van der Waals surface area contributed by atoms with E-state index in [-0.39, 0.29) is 11.7 Å². The number of hydrogen-bond donors (Lipinski definition) is 3. The molecular weight excluding hydrogens is 463 g/mol. The Morgan fingerprint density at radius 3 is 2.53 bits per heavy atom. The van der Waals surface area contributed by atoms with E-state index in [0.29, 0.717) is 47.3 Å². The van der Waals surface area contributed by atoms with Crippen molar-refractivity contribution in [2.75, 3.05) is 5.32 Å². The summed E-state index contributed by atoms with van der Waals surface area (Å²) >= 11 is 0. The van der Waals surface area contributed by atoms with Gasteiger partial charge in [-0.25, -0.2) is 9.67 Å². The van der Waals surface area contributed by atoms with E-state index >= 15 is 4.39 Å². The van der Waals surface area contributed by atoms with Gasteiger partial charge in [0.15, 0.2) is 0 Å². The zero-order chi connectivity index (χ0) is 25.4. The van der Waals surface area contributed by atoms with Crippen LogP contribution in [0.2, 0.25) is 0 Å². The molecule has 0 aromatic carbocycles. The van der Waals surface area contributed by atoms with Crippen molar-refractivity contribution in [2.45, 2.75) is 65.5 Å². The minimum Gasteiger partial charge on any atom is -0.339 e. The minimum atomic E-state index is -0.759. The van der Waals surface area contributed by atoms with E-state index in [4.69, 9.17) is 0 Å². The fraction of sp³-hybridized carbons (Fsp3) is 0.520. The monoisotopic (exact) mass is 494 g/mol. The summed E-state index contributed by atoms with van der Waals surface area (Å²) in [7, 11) is 0. The molecule has 1 atom stereocenters. The molecule has 3 aromatic rings. The van der Waals surface area contributed by atoms with Crippen LogP contribution in [0.4, 0.5) is 10.2 Å². The van der Waals surface area contributed by atoms with Gasteiger partial charge in [-0.05, 0) is 75.8 Å². The first kappa shape index (κ1) is 24.1. The zero-order valence-electron chi connectivity index (χ0n) is 20.7. The lowest BCUT2D eigenvalue weighted by Crippen LogP contribution is -2.50. The zero-order valence-corrected chi connectivity index (χ0v) is 20.7. The van der Waals surface area contributed by atoms with Crippen LogP contribution >= 0.6 is 0 Å². The van der Waals surface area contributed by atoms with Crippen LogP contribution in [-0.4, -0.2) is 48.0 Å². The fourth-order valence-electron chi connectivity index (χ4n) is 5.10. The molecule has 1 unspecified atom stereocenters. The third-order valence-electron chi connectivity index (χ3n) is 7.18. The summed E-state index contributed by atoms with van der Waals surface area (Å²) in [5.74, 6) is -0.555. The number of aromatic nitrogens is 6. The van der Waals surface area contributed by atoms with Crippen molar-refractivity contribution < 1.29 is 14.0 Å². The summed E-state index contributed by atoms with van der Waals surface area (Å²) in [6.07, 6.45) is 6.24. The first-order valence-corrected chi connectivity index (χ1v) is 12.6. The van der Waals surface area contributed by atoms with Gasteiger partial charge in [0.05, 0.1) is 11.9 Å². The van der Waals surface area contributed by atoms with Crippen molar-refractivity contribution in [1.82, 2.24) is 35.5 Å². The Kier molecular flexibility index (Phi) is 6.55. The van der Waals surface area contributed by atoms with Gasteiger partial charge in [-0.1, -0.05) is 12.1 Å². The van der Waals surface area contributed by atoms with Gasteiger partial charge in [-0.3, -0.25) is 14.7 Å². The van der Waals surface area contributed by atoms with Crippen LogP contribution in [0.25, 0.3) is 11.1 Å². The number of nitrogens with one attached hydrogen (secondary N) is 3. The lowest BCUT2D eigenvalue weighted by molar-refractivity contribution is -0.119. The van der Waals surface area contributed by atoms with E-state index in [1.165, 1.54) is 10.9 Å². The van der Waals surface area contributed by atoms with Crippen LogP contribution in [-0.2, 0) is 17.8 Å². The minimum absolute atomic E-state index is 0.0321. The summed E-state index contributed by atoms with van der Waals surface area (Å²) in [4.78, 5) is 30.6. The number of aromatic amines is 1. The van der Waals surface area contributed by atoms with Crippen molar-refractivity contribution in [3.8, 4) is 11.1 Å². The predicted molar refractivity (Wildman–Crippen MR) is 130 cm³/mol. The van der Waals surface area contributed by atoms with Gasteiger partial charge in [0, 0.05) is 23.4 Å². The molecule has 2 aliphatic rings. The summed E-state index contributed by atoms with van der Waals surface area (Å²) in [5.41, 5.74) is 2.83. The number of amides is 2. The molecule has 2 aliphatic carbocycles. The molecule has 2 saturated carbocycles. The van der Waals surface area contributed by atoms with E-state index in [0.717, 1.165) is 31.4 Å². The number of halogens is 1. The number of aryl methyl sites for hydroxylation is 3. The van der Waals surface area contributed by atoms with E-state index in [1.54, 1.807) is 12.1 Å². The molecule has 0 saturated heterocycles.